The Morgan fingerprint density at radius 3 is 2.88 bits per heavy atom. The molecule has 5 heteroatoms. The predicted octanol–water partition coefficient (Wildman–Crippen LogP) is 0.320. The Kier molecular flexibility index (Phi) is 4.49. The lowest BCUT2D eigenvalue weighted by atomic mass is 10.2. The van der Waals surface area contributed by atoms with Gasteiger partial charge >= 0.3 is 0 Å². The summed E-state index contributed by atoms with van der Waals surface area (Å²) in [5.41, 5.74) is 1.52. The SMILES string of the molecule is CCc1nn(C)cc1C(=O)NCC(C)NC. The number of nitrogens with one attached hydrogen (secondary N) is 2. The van der Waals surface area contributed by atoms with Gasteiger partial charge in [-0.25, -0.2) is 0 Å². The van der Waals surface area contributed by atoms with Crippen molar-refractivity contribution in [1.29, 1.82) is 0 Å². The lowest BCUT2D eigenvalue weighted by Gasteiger charge is -2.10. The fourth-order valence-electron chi connectivity index (χ4n) is 1.43. The zero-order chi connectivity index (χ0) is 12.1. The molecule has 2 N–H and O–H groups in total. The van der Waals surface area contributed by atoms with Crippen LogP contribution in [0.4, 0.5) is 0 Å². The summed E-state index contributed by atoms with van der Waals surface area (Å²) in [4.78, 5) is 11.9. The molecule has 0 aliphatic heterocycles. The van der Waals surface area contributed by atoms with Crippen LogP contribution in [0.1, 0.15) is 29.9 Å². The number of aryl methyl sites for hydroxylation is 2. The number of amides is 1. The molecule has 0 aliphatic rings. The van der Waals surface area contributed by atoms with E-state index in [1.807, 2.05) is 27.9 Å². The first-order chi connectivity index (χ1) is 7.58. The van der Waals surface area contributed by atoms with Crippen molar-refractivity contribution < 1.29 is 4.79 Å². The summed E-state index contributed by atoms with van der Waals surface area (Å²) in [5.74, 6) is -0.0490. The van der Waals surface area contributed by atoms with E-state index in [1.54, 1.807) is 10.9 Å². The quantitative estimate of drug-likeness (QED) is 0.757. The van der Waals surface area contributed by atoms with E-state index in [0.29, 0.717) is 12.1 Å². The lowest BCUT2D eigenvalue weighted by Crippen LogP contribution is -2.37. The van der Waals surface area contributed by atoms with Gasteiger partial charge in [0.2, 0.25) is 0 Å². The molecule has 1 amide bonds. The van der Waals surface area contributed by atoms with Gasteiger partial charge in [0.15, 0.2) is 0 Å². The van der Waals surface area contributed by atoms with Crippen LogP contribution in [0.5, 0.6) is 0 Å². The highest BCUT2D eigenvalue weighted by Gasteiger charge is 2.14. The van der Waals surface area contributed by atoms with Crippen molar-refractivity contribution in [2.45, 2.75) is 26.3 Å². The van der Waals surface area contributed by atoms with Crippen LogP contribution in [0.2, 0.25) is 0 Å². The fourth-order valence-corrected chi connectivity index (χ4v) is 1.43. The third-order valence-electron chi connectivity index (χ3n) is 2.55. The minimum atomic E-state index is -0.0490. The lowest BCUT2D eigenvalue weighted by molar-refractivity contribution is 0.0949. The fraction of sp³-hybridized carbons (Fsp3) is 0.636. The van der Waals surface area contributed by atoms with Crippen molar-refractivity contribution in [2.24, 2.45) is 7.05 Å². The number of rotatable bonds is 5. The monoisotopic (exact) mass is 224 g/mol. The molecular weight excluding hydrogens is 204 g/mol. The Morgan fingerprint density at radius 1 is 1.62 bits per heavy atom. The van der Waals surface area contributed by atoms with Crippen LogP contribution < -0.4 is 10.6 Å². The highest BCUT2D eigenvalue weighted by molar-refractivity contribution is 5.95. The summed E-state index contributed by atoms with van der Waals surface area (Å²) in [7, 11) is 3.70. The van der Waals surface area contributed by atoms with Crippen molar-refractivity contribution in [3.8, 4) is 0 Å². The Balaban J connectivity index is 2.65. The molecule has 0 saturated heterocycles. The molecule has 1 aromatic heterocycles. The number of aromatic nitrogens is 2. The van der Waals surface area contributed by atoms with E-state index in [1.165, 1.54) is 0 Å². The van der Waals surface area contributed by atoms with Crippen LogP contribution in [-0.2, 0) is 13.5 Å². The molecule has 0 saturated carbocycles. The number of hydrogen-bond donors (Lipinski definition) is 2. The summed E-state index contributed by atoms with van der Waals surface area (Å²) in [6.45, 7) is 4.63. The molecule has 1 heterocycles. The molecule has 90 valence electrons. The topological polar surface area (TPSA) is 59.0 Å². The third-order valence-corrected chi connectivity index (χ3v) is 2.55. The Bertz CT molecular complexity index is 359. The summed E-state index contributed by atoms with van der Waals surface area (Å²) in [5, 5.41) is 10.2. The van der Waals surface area contributed by atoms with Crippen LogP contribution in [0.3, 0.4) is 0 Å². The van der Waals surface area contributed by atoms with Gasteiger partial charge in [-0.3, -0.25) is 9.48 Å². The highest BCUT2D eigenvalue weighted by atomic mass is 16.1. The molecule has 0 bridgehead atoms. The van der Waals surface area contributed by atoms with Crippen molar-refractivity contribution >= 4 is 5.91 Å². The largest absolute Gasteiger partial charge is 0.350 e. The van der Waals surface area contributed by atoms with E-state index in [0.717, 1.165) is 12.1 Å². The molecule has 5 nitrogen and oxygen atoms in total. The summed E-state index contributed by atoms with van der Waals surface area (Å²) in [6, 6.07) is 0.269. The normalized spacial score (nSPS) is 12.5. The average Bonchev–Trinajstić information content (AvgIpc) is 2.66. The van der Waals surface area contributed by atoms with Crippen LogP contribution in [0.25, 0.3) is 0 Å². The van der Waals surface area contributed by atoms with Crippen LogP contribution >= 0.6 is 0 Å². The summed E-state index contributed by atoms with van der Waals surface area (Å²) < 4.78 is 1.68. The van der Waals surface area contributed by atoms with Crippen LogP contribution in [0.15, 0.2) is 6.20 Å². The van der Waals surface area contributed by atoms with E-state index in [2.05, 4.69) is 15.7 Å². The molecule has 0 spiro atoms. The smallest absolute Gasteiger partial charge is 0.254 e. The second-order valence-electron chi connectivity index (χ2n) is 3.92. The standard InChI is InChI=1S/C11H20N4O/c1-5-10-9(7-15(4)14-10)11(16)13-6-8(2)12-3/h7-8,12H,5-6H2,1-4H3,(H,13,16). The first kappa shape index (κ1) is 12.7. The van der Waals surface area contributed by atoms with Crippen molar-refractivity contribution in [2.75, 3.05) is 13.6 Å². The van der Waals surface area contributed by atoms with Gasteiger partial charge in [-0.1, -0.05) is 6.92 Å². The first-order valence-corrected chi connectivity index (χ1v) is 5.56. The van der Waals surface area contributed by atoms with Crippen molar-refractivity contribution in [1.82, 2.24) is 20.4 Å². The predicted molar refractivity (Wildman–Crippen MR) is 63.4 cm³/mol. The molecule has 0 aliphatic carbocycles. The van der Waals surface area contributed by atoms with Gasteiger partial charge in [0, 0.05) is 25.8 Å². The molecule has 0 radical (unpaired) electrons. The molecule has 0 fully saturated rings. The van der Waals surface area contributed by atoms with Gasteiger partial charge in [0.1, 0.15) is 0 Å². The van der Waals surface area contributed by atoms with Gasteiger partial charge in [-0.2, -0.15) is 5.10 Å². The number of carbonyl (C=O) groups excluding carboxylic acids is 1. The number of nitrogens with zero attached hydrogens (tertiary/aromatic N) is 2. The van der Waals surface area contributed by atoms with E-state index in [-0.39, 0.29) is 11.9 Å². The van der Waals surface area contributed by atoms with E-state index < -0.39 is 0 Å². The van der Waals surface area contributed by atoms with Crippen molar-refractivity contribution in [3.63, 3.8) is 0 Å². The molecule has 16 heavy (non-hydrogen) atoms. The minimum Gasteiger partial charge on any atom is -0.350 e. The first-order valence-electron chi connectivity index (χ1n) is 5.56. The molecule has 1 aromatic rings. The van der Waals surface area contributed by atoms with Crippen molar-refractivity contribution in [3.05, 3.63) is 17.5 Å². The minimum absolute atomic E-state index is 0.0490. The van der Waals surface area contributed by atoms with Crippen LogP contribution in [0, 0.1) is 0 Å². The number of likely N-dealkylation sites (N-methyl/N-ethyl adjacent to an activating group) is 1. The van der Waals surface area contributed by atoms with Gasteiger partial charge in [0.05, 0.1) is 11.3 Å². The summed E-state index contributed by atoms with van der Waals surface area (Å²) in [6.07, 6.45) is 2.53. The second-order valence-corrected chi connectivity index (χ2v) is 3.92. The van der Waals surface area contributed by atoms with Gasteiger partial charge in [-0.15, -0.1) is 0 Å². The number of carbonyl (C=O) groups is 1. The zero-order valence-corrected chi connectivity index (χ0v) is 10.4. The molecule has 0 aromatic carbocycles. The summed E-state index contributed by atoms with van der Waals surface area (Å²) >= 11 is 0. The van der Waals surface area contributed by atoms with E-state index >= 15 is 0 Å². The molecular formula is C11H20N4O. The Morgan fingerprint density at radius 2 is 2.31 bits per heavy atom. The zero-order valence-electron chi connectivity index (χ0n) is 10.4. The van der Waals surface area contributed by atoms with Gasteiger partial charge in [-0.05, 0) is 20.4 Å². The Labute approximate surface area is 96.2 Å². The van der Waals surface area contributed by atoms with Crippen LogP contribution in [-0.4, -0.2) is 35.3 Å². The third kappa shape index (κ3) is 3.06. The number of hydrogen-bond acceptors (Lipinski definition) is 3. The average molecular weight is 224 g/mol. The van der Waals surface area contributed by atoms with E-state index in [9.17, 15) is 4.79 Å². The maximum absolute atomic E-state index is 11.9. The van der Waals surface area contributed by atoms with Gasteiger partial charge < -0.3 is 10.6 Å². The maximum atomic E-state index is 11.9. The molecule has 1 unspecified atom stereocenters. The molecule has 1 atom stereocenters. The van der Waals surface area contributed by atoms with Gasteiger partial charge in [0.25, 0.3) is 5.91 Å². The molecule has 1 rings (SSSR count). The Hall–Kier alpha value is -1.36. The maximum Gasteiger partial charge on any atom is 0.254 e. The second kappa shape index (κ2) is 5.65. The van der Waals surface area contributed by atoms with E-state index in [4.69, 9.17) is 0 Å². The highest BCUT2D eigenvalue weighted by Crippen LogP contribution is 2.06.